The Morgan fingerprint density at radius 3 is 2.31 bits per heavy atom. The summed E-state index contributed by atoms with van der Waals surface area (Å²) < 4.78 is 38.6. The van der Waals surface area contributed by atoms with E-state index in [0.717, 1.165) is 12.1 Å². The van der Waals surface area contributed by atoms with Crippen molar-refractivity contribution in [3.8, 4) is 5.75 Å². The first-order chi connectivity index (χ1) is 12.4. The molecule has 0 bridgehead atoms. The number of anilines is 2. The second-order valence-corrected chi connectivity index (χ2v) is 6.34. The van der Waals surface area contributed by atoms with Gasteiger partial charge in [0.05, 0.1) is 17.9 Å². The number of benzene rings is 1. The number of aromatic nitrogens is 1. The van der Waals surface area contributed by atoms with Gasteiger partial charge in [-0.15, -0.1) is 0 Å². The van der Waals surface area contributed by atoms with Gasteiger partial charge in [-0.2, -0.15) is 19.1 Å². The van der Waals surface area contributed by atoms with Gasteiger partial charge in [-0.3, -0.25) is 4.98 Å². The van der Waals surface area contributed by atoms with Crippen LogP contribution in [0.4, 0.5) is 24.5 Å². The molecule has 2 aromatic rings. The van der Waals surface area contributed by atoms with Crippen molar-refractivity contribution in [2.24, 2.45) is 5.90 Å². The number of halogens is 3. The van der Waals surface area contributed by atoms with Gasteiger partial charge in [-0.05, 0) is 49.9 Å². The van der Waals surface area contributed by atoms with E-state index >= 15 is 0 Å². The third kappa shape index (κ3) is 3.91. The Hall–Kier alpha value is -2.32. The van der Waals surface area contributed by atoms with Crippen molar-refractivity contribution >= 4 is 11.4 Å². The fourth-order valence-corrected chi connectivity index (χ4v) is 3.33. The van der Waals surface area contributed by atoms with Crippen molar-refractivity contribution in [1.82, 2.24) is 4.98 Å². The molecule has 0 radical (unpaired) electrons. The van der Waals surface area contributed by atoms with Gasteiger partial charge < -0.3 is 14.8 Å². The third-order valence-corrected chi connectivity index (χ3v) is 4.65. The SMILES string of the molecule is NOc1ccncc1N(c1ccc(C(F)(F)F)cc1)C1CCC(O)CC1. The van der Waals surface area contributed by atoms with Crippen LogP contribution in [-0.4, -0.2) is 22.2 Å². The lowest BCUT2D eigenvalue weighted by molar-refractivity contribution is -0.137. The van der Waals surface area contributed by atoms with Crippen molar-refractivity contribution in [2.45, 2.75) is 44.0 Å². The summed E-state index contributed by atoms with van der Waals surface area (Å²) in [5.74, 6) is 5.74. The van der Waals surface area contributed by atoms with E-state index in [-0.39, 0.29) is 12.1 Å². The van der Waals surface area contributed by atoms with E-state index in [1.165, 1.54) is 18.3 Å². The van der Waals surface area contributed by atoms with Gasteiger partial charge in [0.15, 0.2) is 5.75 Å². The van der Waals surface area contributed by atoms with Gasteiger partial charge in [0.2, 0.25) is 0 Å². The number of rotatable bonds is 4. The fraction of sp³-hybridized carbons (Fsp3) is 0.389. The molecule has 1 aliphatic rings. The lowest BCUT2D eigenvalue weighted by Gasteiger charge is -2.37. The van der Waals surface area contributed by atoms with E-state index in [1.54, 1.807) is 12.3 Å². The fourth-order valence-electron chi connectivity index (χ4n) is 3.33. The van der Waals surface area contributed by atoms with E-state index < -0.39 is 11.7 Å². The van der Waals surface area contributed by atoms with Gasteiger partial charge >= 0.3 is 6.18 Å². The number of aliphatic hydroxyl groups is 1. The summed E-state index contributed by atoms with van der Waals surface area (Å²) in [4.78, 5) is 10.9. The highest BCUT2D eigenvalue weighted by Crippen LogP contribution is 2.39. The highest BCUT2D eigenvalue weighted by Gasteiger charge is 2.32. The van der Waals surface area contributed by atoms with Gasteiger partial charge in [-0.25, -0.2) is 0 Å². The maximum atomic E-state index is 12.9. The first-order valence-corrected chi connectivity index (χ1v) is 8.35. The van der Waals surface area contributed by atoms with E-state index in [9.17, 15) is 18.3 Å². The van der Waals surface area contributed by atoms with Crippen LogP contribution in [0.25, 0.3) is 0 Å². The van der Waals surface area contributed by atoms with Crippen LogP contribution in [0.15, 0.2) is 42.7 Å². The smallest absolute Gasteiger partial charge is 0.409 e. The predicted octanol–water partition coefficient (Wildman–Crippen LogP) is 3.79. The number of nitrogens with two attached hydrogens (primary N) is 1. The summed E-state index contributed by atoms with van der Waals surface area (Å²) in [6.45, 7) is 0. The zero-order valence-corrected chi connectivity index (χ0v) is 14.0. The lowest BCUT2D eigenvalue weighted by Crippen LogP contribution is -2.36. The highest BCUT2D eigenvalue weighted by molar-refractivity contribution is 5.69. The summed E-state index contributed by atoms with van der Waals surface area (Å²) in [5, 5.41) is 9.78. The molecule has 1 fully saturated rings. The number of hydrogen-bond acceptors (Lipinski definition) is 5. The second kappa shape index (κ2) is 7.51. The van der Waals surface area contributed by atoms with Crippen molar-refractivity contribution in [2.75, 3.05) is 4.90 Å². The van der Waals surface area contributed by atoms with Crippen LogP contribution < -0.4 is 15.6 Å². The minimum absolute atomic E-state index is 0.00626. The molecule has 1 aliphatic carbocycles. The molecule has 0 saturated heterocycles. The van der Waals surface area contributed by atoms with Crippen molar-refractivity contribution in [3.05, 3.63) is 48.3 Å². The van der Waals surface area contributed by atoms with E-state index in [2.05, 4.69) is 4.98 Å². The monoisotopic (exact) mass is 367 g/mol. The summed E-state index contributed by atoms with van der Waals surface area (Å²) in [5.41, 5.74) is 0.462. The molecule has 1 heterocycles. The Labute approximate surface area is 149 Å². The normalized spacial score (nSPS) is 20.7. The quantitative estimate of drug-likeness (QED) is 0.805. The minimum Gasteiger partial charge on any atom is -0.409 e. The molecular weight excluding hydrogens is 347 g/mol. The number of pyridine rings is 1. The summed E-state index contributed by atoms with van der Waals surface area (Å²) in [6, 6.07) is 6.57. The Balaban J connectivity index is 2.00. The topological polar surface area (TPSA) is 71.6 Å². The first kappa shape index (κ1) is 18.5. The molecule has 5 nitrogen and oxygen atoms in total. The second-order valence-electron chi connectivity index (χ2n) is 6.34. The number of aliphatic hydroxyl groups excluding tert-OH is 1. The molecule has 0 spiro atoms. The molecule has 140 valence electrons. The average Bonchev–Trinajstić information content (AvgIpc) is 2.64. The molecule has 1 aromatic heterocycles. The van der Waals surface area contributed by atoms with Crippen LogP contribution in [0.2, 0.25) is 0 Å². The Morgan fingerprint density at radius 2 is 1.73 bits per heavy atom. The van der Waals surface area contributed by atoms with Crippen molar-refractivity contribution in [1.29, 1.82) is 0 Å². The highest BCUT2D eigenvalue weighted by atomic mass is 19.4. The lowest BCUT2D eigenvalue weighted by atomic mass is 9.91. The number of alkyl halides is 3. The zero-order chi connectivity index (χ0) is 18.7. The van der Waals surface area contributed by atoms with Gasteiger partial charge in [0, 0.05) is 24.0 Å². The van der Waals surface area contributed by atoms with Crippen LogP contribution in [0.3, 0.4) is 0 Å². The molecule has 0 unspecified atom stereocenters. The molecule has 0 atom stereocenters. The van der Waals surface area contributed by atoms with E-state index in [1.807, 2.05) is 4.90 Å². The molecular formula is C18H20F3N3O2. The average molecular weight is 367 g/mol. The molecule has 8 heteroatoms. The van der Waals surface area contributed by atoms with Gasteiger partial charge in [-0.1, -0.05) is 0 Å². The summed E-state index contributed by atoms with van der Waals surface area (Å²) in [6.07, 6.45) is 1.01. The van der Waals surface area contributed by atoms with E-state index in [0.29, 0.717) is 42.8 Å². The zero-order valence-electron chi connectivity index (χ0n) is 14.0. The van der Waals surface area contributed by atoms with Crippen LogP contribution in [0, 0.1) is 0 Å². The van der Waals surface area contributed by atoms with Crippen LogP contribution in [0.1, 0.15) is 31.2 Å². The van der Waals surface area contributed by atoms with E-state index in [4.69, 9.17) is 10.7 Å². The Morgan fingerprint density at radius 1 is 1.08 bits per heavy atom. The van der Waals surface area contributed by atoms with Crippen LogP contribution >= 0.6 is 0 Å². The number of hydrogen-bond donors (Lipinski definition) is 2. The Kier molecular flexibility index (Phi) is 5.33. The third-order valence-electron chi connectivity index (χ3n) is 4.65. The number of nitrogens with zero attached hydrogens (tertiary/aromatic N) is 2. The molecule has 1 saturated carbocycles. The van der Waals surface area contributed by atoms with Crippen molar-refractivity contribution < 1.29 is 23.1 Å². The van der Waals surface area contributed by atoms with Gasteiger partial charge in [0.25, 0.3) is 0 Å². The molecule has 0 aliphatic heterocycles. The van der Waals surface area contributed by atoms with Crippen LogP contribution in [0.5, 0.6) is 5.75 Å². The van der Waals surface area contributed by atoms with Crippen molar-refractivity contribution in [3.63, 3.8) is 0 Å². The van der Waals surface area contributed by atoms with Gasteiger partial charge in [0.1, 0.15) is 5.69 Å². The maximum Gasteiger partial charge on any atom is 0.416 e. The molecule has 0 amide bonds. The summed E-state index contributed by atoms with van der Waals surface area (Å²) in [7, 11) is 0. The van der Waals surface area contributed by atoms with Crippen LogP contribution in [-0.2, 0) is 6.18 Å². The largest absolute Gasteiger partial charge is 0.416 e. The minimum atomic E-state index is -4.39. The standard InChI is InChI=1S/C18H20F3N3O2/c19-18(20,21)12-1-3-13(4-2-12)24(14-5-7-15(25)8-6-14)16-11-23-10-9-17(16)26-22/h1-4,9-11,14-15,25H,5-8,22H2. The predicted molar refractivity (Wildman–Crippen MR) is 90.9 cm³/mol. The summed E-state index contributed by atoms with van der Waals surface area (Å²) >= 11 is 0. The first-order valence-electron chi connectivity index (χ1n) is 8.35. The molecule has 1 aromatic carbocycles. The molecule has 3 rings (SSSR count). The Bertz CT molecular complexity index is 729. The molecule has 26 heavy (non-hydrogen) atoms. The molecule has 3 N–H and O–H groups in total. The maximum absolute atomic E-state index is 12.9.